The molecular weight excluding hydrogens is 234 g/mol. The van der Waals surface area contributed by atoms with E-state index in [0.717, 1.165) is 5.39 Å². The molecule has 0 aliphatic heterocycles. The third kappa shape index (κ3) is 2.46. The average molecular weight is 249 g/mol. The van der Waals surface area contributed by atoms with Crippen molar-refractivity contribution in [2.75, 3.05) is 27.4 Å². The summed E-state index contributed by atoms with van der Waals surface area (Å²) in [5, 5.41) is 3.54. The molecule has 0 radical (unpaired) electrons. The Balaban J connectivity index is 2.21. The van der Waals surface area contributed by atoms with Crippen molar-refractivity contribution in [2.24, 2.45) is 0 Å². The van der Waals surface area contributed by atoms with E-state index in [1.807, 2.05) is 12.1 Å². The van der Waals surface area contributed by atoms with Gasteiger partial charge in [-0.25, -0.2) is 0 Å². The number of furan rings is 1. The number of hydrogen-bond acceptors (Lipinski definition) is 4. The van der Waals surface area contributed by atoms with E-state index in [4.69, 9.17) is 13.9 Å². The smallest absolute Gasteiger partial charge is 0.287 e. The van der Waals surface area contributed by atoms with Gasteiger partial charge in [0.2, 0.25) is 0 Å². The van der Waals surface area contributed by atoms with E-state index in [0.29, 0.717) is 24.5 Å². The Morgan fingerprint density at radius 2 is 2.22 bits per heavy atom. The Kier molecular flexibility index (Phi) is 3.84. The minimum Gasteiger partial charge on any atom is -0.493 e. The van der Waals surface area contributed by atoms with Gasteiger partial charge in [-0.15, -0.1) is 0 Å². The van der Waals surface area contributed by atoms with Gasteiger partial charge >= 0.3 is 0 Å². The van der Waals surface area contributed by atoms with Gasteiger partial charge in [0.15, 0.2) is 17.1 Å². The number of carbonyl (C=O) groups excluding carboxylic acids is 1. The number of hydrogen-bond donors (Lipinski definition) is 1. The average Bonchev–Trinajstić information content (AvgIpc) is 2.82. The maximum absolute atomic E-state index is 11.8. The SMILES string of the molecule is COCCNC(=O)c1cc2cccc(OC)c2o1. The number of para-hydroxylation sites is 1. The van der Waals surface area contributed by atoms with Crippen LogP contribution >= 0.6 is 0 Å². The molecule has 2 aromatic rings. The summed E-state index contributed by atoms with van der Waals surface area (Å²) in [4.78, 5) is 11.8. The monoisotopic (exact) mass is 249 g/mol. The molecule has 0 aliphatic carbocycles. The van der Waals surface area contributed by atoms with Gasteiger partial charge in [0.25, 0.3) is 5.91 Å². The van der Waals surface area contributed by atoms with Crippen LogP contribution in [0.4, 0.5) is 0 Å². The van der Waals surface area contributed by atoms with Crippen molar-refractivity contribution in [2.45, 2.75) is 0 Å². The molecule has 0 atom stereocenters. The van der Waals surface area contributed by atoms with Crippen molar-refractivity contribution in [3.63, 3.8) is 0 Å². The standard InChI is InChI=1S/C13H15NO4/c1-16-7-6-14-13(15)11-8-9-4-3-5-10(17-2)12(9)18-11/h3-5,8H,6-7H2,1-2H3,(H,14,15). The van der Waals surface area contributed by atoms with E-state index in [9.17, 15) is 4.79 Å². The van der Waals surface area contributed by atoms with E-state index in [1.165, 1.54) is 0 Å². The Morgan fingerprint density at radius 1 is 1.39 bits per heavy atom. The number of methoxy groups -OCH3 is 2. The van der Waals surface area contributed by atoms with Gasteiger partial charge in [-0.3, -0.25) is 4.79 Å². The summed E-state index contributed by atoms with van der Waals surface area (Å²) in [5.74, 6) is 0.624. The Bertz CT molecular complexity index is 547. The first kappa shape index (κ1) is 12.4. The van der Waals surface area contributed by atoms with Crippen molar-refractivity contribution < 1.29 is 18.7 Å². The third-order valence-electron chi connectivity index (χ3n) is 2.54. The van der Waals surface area contributed by atoms with Gasteiger partial charge < -0.3 is 19.2 Å². The summed E-state index contributed by atoms with van der Waals surface area (Å²) in [6.45, 7) is 0.915. The van der Waals surface area contributed by atoms with E-state index in [1.54, 1.807) is 26.4 Å². The molecule has 0 unspecified atom stereocenters. The number of carbonyl (C=O) groups is 1. The van der Waals surface area contributed by atoms with Gasteiger partial charge in [0.05, 0.1) is 13.7 Å². The van der Waals surface area contributed by atoms with E-state index in [2.05, 4.69) is 5.32 Å². The number of ether oxygens (including phenoxy) is 2. The number of amides is 1. The third-order valence-corrected chi connectivity index (χ3v) is 2.54. The quantitative estimate of drug-likeness (QED) is 0.821. The highest BCUT2D eigenvalue weighted by Gasteiger charge is 2.13. The first-order valence-electron chi connectivity index (χ1n) is 5.60. The van der Waals surface area contributed by atoms with E-state index < -0.39 is 0 Å². The lowest BCUT2D eigenvalue weighted by Gasteiger charge is -2.01. The maximum Gasteiger partial charge on any atom is 0.287 e. The molecular formula is C13H15NO4. The fraction of sp³-hybridized carbons (Fsp3) is 0.308. The van der Waals surface area contributed by atoms with Crippen molar-refractivity contribution >= 4 is 16.9 Å². The molecule has 5 heteroatoms. The second-order valence-electron chi connectivity index (χ2n) is 3.74. The van der Waals surface area contributed by atoms with Crippen LogP contribution < -0.4 is 10.1 Å². The largest absolute Gasteiger partial charge is 0.493 e. The topological polar surface area (TPSA) is 60.7 Å². The molecule has 1 aromatic carbocycles. The predicted molar refractivity (Wildman–Crippen MR) is 67.0 cm³/mol. The minimum absolute atomic E-state index is 0.259. The van der Waals surface area contributed by atoms with Gasteiger partial charge in [-0.1, -0.05) is 12.1 Å². The molecule has 0 saturated carbocycles. The van der Waals surface area contributed by atoms with Gasteiger partial charge in [0, 0.05) is 19.0 Å². The molecule has 1 heterocycles. The van der Waals surface area contributed by atoms with Crippen LogP contribution in [0.5, 0.6) is 5.75 Å². The zero-order chi connectivity index (χ0) is 13.0. The van der Waals surface area contributed by atoms with Crippen LogP contribution in [0.2, 0.25) is 0 Å². The molecule has 5 nitrogen and oxygen atoms in total. The summed E-state index contributed by atoms with van der Waals surface area (Å²) in [5.41, 5.74) is 0.580. The molecule has 0 aliphatic rings. The second-order valence-corrected chi connectivity index (χ2v) is 3.74. The van der Waals surface area contributed by atoms with Crippen LogP contribution in [0.3, 0.4) is 0 Å². The Morgan fingerprint density at radius 3 is 2.94 bits per heavy atom. The van der Waals surface area contributed by atoms with Gasteiger partial charge in [-0.2, -0.15) is 0 Å². The molecule has 0 fully saturated rings. The van der Waals surface area contributed by atoms with Crippen LogP contribution in [0.15, 0.2) is 28.7 Å². The highest BCUT2D eigenvalue weighted by Crippen LogP contribution is 2.28. The van der Waals surface area contributed by atoms with Crippen LogP contribution in [-0.4, -0.2) is 33.3 Å². The fourth-order valence-electron chi connectivity index (χ4n) is 1.66. The van der Waals surface area contributed by atoms with Gasteiger partial charge in [-0.05, 0) is 12.1 Å². The van der Waals surface area contributed by atoms with E-state index in [-0.39, 0.29) is 11.7 Å². The zero-order valence-corrected chi connectivity index (χ0v) is 10.4. The molecule has 1 N–H and O–H groups in total. The lowest BCUT2D eigenvalue weighted by Crippen LogP contribution is -2.26. The molecule has 0 spiro atoms. The summed E-state index contributed by atoms with van der Waals surface area (Å²) in [6, 6.07) is 7.20. The first-order valence-corrected chi connectivity index (χ1v) is 5.60. The predicted octanol–water partition coefficient (Wildman–Crippen LogP) is 1.82. The summed E-state index contributed by atoms with van der Waals surface area (Å²) in [6.07, 6.45) is 0. The number of rotatable bonds is 5. The highest BCUT2D eigenvalue weighted by atomic mass is 16.5. The molecule has 1 aromatic heterocycles. The van der Waals surface area contributed by atoms with Crippen molar-refractivity contribution in [3.05, 3.63) is 30.0 Å². The lowest BCUT2D eigenvalue weighted by atomic mass is 10.2. The molecule has 18 heavy (non-hydrogen) atoms. The summed E-state index contributed by atoms with van der Waals surface area (Å²) in [7, 11) is 3.15. The molecule has 96 valence electrons. The van der Waals surface area contributed by atoms with Crippen molar-refractivity contribution in [1.29, 1.82) is 0 Å². The fourth-order valence-corrected chi connectivity index (χ4v) is 1.66. The van der Waals surface area contributed by atoms with Crippen LogP contribution in [0.25, 0.3) is 11.0 Å². The van der Waals surface area contributed by atoms with Crippen molar-refractivity contribution in [3.8, 4) is 5.75 Å². The van der Waals surface area contributed by atoms with E-state index >= 15 is 0 Å². The van der Waals surface area contributed by atoms with Crippen molar-refractivity contribution in [1.82, 2.24) is 5.32 Å². The second kappa shape index (κ2) is 5.55. The number of fused-ring (bicyclic) bond motifs is 1. The number of benzene rings is 1. The van der Waals surface area contributed by atoms with Gasteiger partial charge in [0.1, 0.15) is 0 Å². The summed E-state index contributed by atoms with van der Waals surface area (Å²) >= 11 is 0. The summed E-state index contributed by atoms with van der Waals surface area (Å²) < 4.78 is 15.5. The normalized spacial score (nSPS) is 10.6. The highest BCUT2D eigenvalue weighted by molar-refractivity contribution is 5.97. The minimum atomic E-state index is -0.259. The first-order chi connectivity index (χ1) is 8.76. The Hall–Kier alpha value is -2.01. The Labute approximate surface area is 105 Å². The number of nitrogens with one attached hydrogen (secondary N) is 1. The van der Waals surface area contributed by atoms with Crippen LogP contribution in [0.1, 0.15) is 10.6 Å². The maximum atomic E-state index is 11.8. The molecule has 0 bridgehead atoms. The molecule has 2 rings (SSSR count). The van der Waals surface area contributed by atoms with Crippen LogP contribution in [0, 0.1) is 0 Å². The molecule has 0 saturated heterocycles. The zero-order valence-electron chi connectivity index (χ0n) is 10.4. The molecule has 1 amide bonds. The van der Waals surface area contributed by atoms with Crippen LogP contribution in [-0.2, 0) is 4.74 Å². The lowest BCUT2D eigenvalue weighted by molar-refractivity contribution is 0.0911.